The van der Waals surface area contributed by atoms with Gasteiger partial charge in [-0.05, 0) is 29.8 Å². The molecular formula is C19H12F4N4O2. The highest BCUT2D eigenvalue weighted by Crippen LogP contribution is 2.34. The number of rotatable bonds is 3. The van der Waals surface area contributed by atoms with E-state index < -0.39 is 46.8 Å². The maximum atomic E-state index is 13.9. The van der Waals surface area contributed by atoms with E-state index in [1.807, 2.05) is 0 Å². The Bertz CT molecular complexity index is 1130. The summed E-state index contributed by atoms with van der Waals surface area (Å²) < 4.78 is 54.7. The molecule has 10 heteroatoms. The molecule has 0 radical (unpaired) electrons. The van der Waals surface area contributed by atoms with Gasteiger partial charge in [0.1, 0.15) is 17.7 Å². The average Bonchev–Trinajstić information content (AvgIpc) is 3.12. The molecule has 2 aromatic carbocycles. The molecule has 0 fully saturated rings. The highest BCUT2D eigenvalue weighted by Gasteiger charge is 2.33. The van der Waals surface area contributed by atoms with Crippen molar-refractivity contribution in [2.75, 3.05) is 10.6 Å². The van der Waals surface area contributed by atoms with Crippen LogP contribution in [0.25, 0.3) is 11.1 Å². The summed E-state index contributed by atoms with van der Waals surface area (Å²) in [6, 6.07) is 5.84. The first-order valence-corrected chi connectivity index (χ1v) is 8.43. The van der Waals surface area contributed by atoms with Gasteiger partial charge < -0.3 is 10.6 Å². The van der Waals surface area contributed by atoms with Crippen LogP contribution in [0.15, 0.2) is 42.6 Å². The lowest BCUT2D eigenvalue weighted by molar-refractivity contribution is -0.125. The third-order valence-electron chi connectivity index (χ3n) is 4.48. The number of hydrogen-bond acceptors (Lipinski definition) is 3. The molecule has 1 aromatic heterocycles. The first-order valence-electron chi connectivity index (χ1n) is 8.43. The second kappa shape index (κ2) is 7.04. The molecule has 2 N–H and O–H groups in total. The van der Waals surface area contributed by atoms with Crippen LogP contribution in [0.2, 0.25) is 0 Å². The molecule has 0 aliphatic carbocycles. The topological polar surface area (TPSA) is 76.0 Å². The van der Waals surface area contributed by atoms with E-state index >= 15 is 0 Å². The fourth-order valence-electron chi connectivity index (χ4n) is 3.05. The second-order valence-electron chi connectivity index (χ2n) is 6.34. The minimum Gasteiger partial charge on any atom is -0.322 e. The molecule has 4 rings (SSSR count). The third-order valence-corrected chi connectivity index (χ3v) is 4.48. The zero-order valence-corrected chi connectivity index (χ0v) is 14.5. The van der Waals surface area contributed by atoms with Crippen molar-refractivity contribution < 1.29 is 27.2 Å². The number of fused-ring (bicyclic) bond motifs is 1. The molecule has 0 bridgehead atoms. The van der Waals surface area contributed by atoms with Crippen LogP contribution in [0.1, 0.15) is 12.5 Å². The van der Waals surface area contributed by atoms with Crippen molar-refractivity contribution in [1.29, 1.82) is 0 Å². The summed E-state index contributed by atoms with van der Waals surface area (Å²) in [5.41, 5.74) is 0.447. The Kier molecular flexibility index (Phi) is 4.53. The van der Waals surface area contributed by atoms with Crippen molar-refractivity contribution >= 4 is 23.3 Å². The van der Waals surface area contributed by atoms with Crippen LogP contribution < -0.4 is 10.6 Å². The van der Waals surface area contributed by atoms with E-state index in [-0.39, 0.29) is 12.2 Å². The van der Waals surface area contributed by atoms with E-state index in [4.69, 9.17) is 0 Å². The zero-order chi connectivity index (χ0) is 20.7. The molecule has 0 saturated carbocycles. The summed E-state index contributed by atoms with van der Waals surface area (Å²) in [5, 5.41) is 8.87. The molecule has 0 spiro atoms. The number of carbonyl (C=O) groups excluding carboxylic acids is 2. The first kappa shape index (κ1) is 18.7. The van der Waals surface area contributed by atoms with Gasteiger partial charge in [0, 0.05) is 5.56 Å². The summed E-state index contributed by atoms with van der Waals surface area (Å²) >= 11 is 0. The van der Waals surface area contributed by atoms with Crippen molar-refractivity contribution in [3.05, 3.63) is 65.9 Å². The molecule has 148 valence electrons. The Morgan fingerprint density at radius 1 is 1.07 bits per heavy atom. The highest BCUT2D eigenvalue weighted by molar-refractivity contribution is 6.03. The Labute approximate surface area is 161 Å². The van der Waals surface area contributed by atoms with Crippen molar-refractivity contribution in [2.45, 2.75) is 12.5 Å². The number of nitrogens with one attached hydrogen (secondary N) is 2. The maximum Gasteiger partial charge on any atom is 0.249 e. The van der Waals surface area contributed by atoms with Crippen LogP contribution in [0, 0.1) is 23.3 Å². The van der Waals surface area contributed by atoms with Crippen LogP contribution in [-0.4, -0.2) is 21.6 Å². The van der Waals surface area contributed by atoms with Gasteiger partial charge in [-0.3, -0.25) is 9.59 Å². The van der Waals surface area contributed by atoms with Gasteiger partial charge in [-0.25, -0.2) is 22.2 Å². The normalized spacial score (nSPS) is 15.6. The molecule has 29 heavy (non-hydrogen) atoms. The standard InChI is InChI=1S/C19H12F4N4O2/c20-10-3-1-9(2-4-10)11-8-24-27-14(7-15(28)26-18(11)27)19(29)25-13-6-5-12(21)16(22)17(13)23/h1-6,8,14H,7H2,(H,25,29)(H,26,28)/t14-/m0/s1. The fourth-order valence-corrected chi connectivity index (χ4v) is 3.05. The van der Waals surface area contributed by atoms with E-state index in [1.165, 1.54) is 35.1 Å². The van der Waals surface area contributed by atoms with Gasteiger partial charge in [-0.15, -0.1) is 0 Å². The van der Waals surface area contributed by atoms with Gasteiger partial charge in [0.2, 0.25) is 11.8 Å². The van der Waals surface area contributed by atoms with Crippen molar-refractivity contribution in [3.8, 4) is 11.1 Å². The third kappa shape index (κ3) is 3.33. The average molecular weight is 404 g/mol. The molecule has 6 nitrogen and oxygen atoms in total. The van der Waals surface area contributed by atoms with Crippen LogP contribution in [-0.2, 0) is 9.59 Å². The summed E-state index contributed by atoms with van der Waals surface area (Å²) in [4.78, 5) is 24.7. The van der Waals surface area contributed by atoms with Gasteiger partial charge in [-0.2, -0.15) is 5.10 Å². The minimum atomic E-state index is -1.72. The molecule has 2 amide bonds. The number of halogens is 4. The van der Waals surface area contributed by atoms with Crippen LogP contribution >= 0.6 is 0 Å². The van der Waals surface area contributed by atoms with Gasteiger partial charge in [0.25, 0.3) is 0 Å². The molecule has 1 aliphatic rings. The van der Waals surface area contributed by atoms with Crippen LogP contribution in [0.3, 0.4) is 0 Å². The number of anilines is 2. The maximum absolute atomic E-state index is 13.9. The number of aromatic nitrogens is 2. The largest absolute Gasteiger partial charge is 0.322 e. The van der Waals surface area contributed by atoms with Crippen molar-refractivity contribution in [2.24, 2.45) is 0 Å². The summed E-state index contributed by atoms with van der Waals surface area (Å²) in [6.45, 7) is 0. The van der Waals surface area contributed by atoms with Crippen molar-refractivity contribution in [1.82, 2.24) is 9.78 Å². The summed E-state index contributed by atoms with van der Waals surface area (Å²) in [7, 11) is 0. The van der Waals surface area contributed by atoms with Crippen LogP contribution in [0.4, 0.5) is 29.1 Å². The Morgan fingerprint density at radius 2 is 1.79 bits per heavy atom. The lowest BCUT2D eigenvalue weighted by Gasteiger charge is -2.24. The van der Waals surface area contributed by atoms with Gasteiger partial charge in [0.05, 0.1) is 18.3 Å². The Hall–Kier alpha value is -3.69. The molecule has 1 aliphatic heterocycles. The number of carbonyl (C=O) groups is 2. The lowest BCUT2D eigenvalue weighted by Crippen LogP contribution is -2.36. The molecule has 0 unspecified atom stereocenters. The minimum absolute atomic E-state index is 0.207. The molecular weight excluding hydrogens is 392 g/mol. The number of nitrogens with zero attached hydrogens (tertiary/aromatic N) is 2. The number of amides is 2. The van der Waals surface area contributed by atoms with E-state index in [9.17, 15) is 27.2 Å². The Morgan fingerprint density at radius 3 is 2.52 bits per heavy atom. The predicted molar refractivity (Wildman–Crippen MR) is 94.9 cm³/mol. The second-order valence-corrected chi connectivity index (χ2v) is 6.34. The molecule has 0 saturated heterocycles. The lowest BCUT2D eigenvalue weighted by atomic mass is 10.1. The molecule has 3 aromatic rings. The molecule has 2 heterocycles. The SMILES string of the molecule is O=C1C[C@@H](C(=O)Nc2ccc(F)c(F)c2F)n2ncc(-c3ccc(F)cc3)c2N1. The van der Waals surface area contributed by atoms with Crippen LogP contribution in [0.5, 0.6) is 0 Å². The van der Waals surface area contributed by atoms with E-state index in [2.05, 4.69) is 15.7 Å². The van der Waals surface area contributed by atoms with Crippen molar-refractivity contribution in [3.63, 3.8) is 0 Å². The Balaban J connectivity index is 1.67. The number of benzene rings is 2. The quantitative estimate of drug-likeness (QED) is 0.517. The van der Waals surface area contributed by atoms with Gasteiger partial charge in [-0.1, -0.05) is 12.1 Å². The van der Waals surface area contributed by atoms with Gasteiger partial charge in [0.15, 0.2) is 17.5 Å². The van der Waals surface area contributed by atoms with Gasteiger partial charge >= 0.3 is 0 Å². The predicted octanol–water partition coefficient (Wildman–Crippen LogP) is 3.63. The fraction of sp³-hybridized carbons (Fsp3) is 0.105. The zero-order valence-electron chi connectivity index (χ0n) is 14.5. The monoisotopic (exact) mass is 404 g/mol. The van der Waals surface area contributed by atoms with E-state index in [0.717, 1.165) is 6.07 Å². The summed E-state index contributed by atoms with van der Waals surface area (Å²) in [6.07, 6.45) is 1.10. The summed E-state index contributed by atoms with van der Waals surface area (Å²) in [5.74, 6) is -6.22. The van der Waals surface area contributed by atoms with E-state index in [1.54, 1.807) is 0 Å². The molecule has 1 atom stereocenters. The highest BCUT2D eigenvalue weighted by atomic mass is 19.2. The number of hydrogen-bond donors (Lipinski definition) is 2. The van der Waals surface area contributed by atoms with E-state index in [0.29, 0.717) is 17.2 Å². The first-order chi connectivity index (χ1) is 13.8. The smallest absolute Gasteiger partial charge is 0.249 e.